The number of carboxylic acid groups (broad SMARTS) is 1. The van der Waals surface area contributed by atoms with E-state index in [2.05, 4.69) is 0 Å². The Bertz CT molecular complexity index is 506. The average molecular weight is 225 g/mol. The molecule has 6 heteroatoms. The zero-order valence-corrected chi connectivity index (χ0v) is 7.75. The molecule has 0 radical (unpaired) electrons. The maximum atomic E-state index is 13.1. The number of hydrogen-bond donors (Lipinski definition) is 2. The summed E-state index contributed by atoms with van der Waals surface area (Å²) in [6.45, 7) is 0. The molecule has 0 heterocycles. The Kier molecular flexibility index (Phi) is 3.20. The van der Waals surface area contributed by atoms with Crippen molar-refractivity contribution in [2.45, 2.75) is 0 Å². The monoisotopic (exact) mass is 225 g/mol. The topological polar surface area (TPSA) is 66.4 Å². The van der Waals surface area contributed by atoms with E-state index >= 15 is 0 Å². The van der Waals surface area contributed by atoms with Gasteiger partial charge in [-0.1, -0.05) is 0 Å². The van der Waals surface area contributed by atoms with Crippen molar-refractivity contribution in [2.24, 2.45) is 0 Å². The number of carbonyl (C=O) groups excluding carboxylic acids is 1. The van der Waals surface area contributed by atoms with Crippen LogP contribution in [-0.2, 0) is 4.79 Å². The van der Waals surface area contributed by atoms with Gasteiger partial charge in [-0.15, -0.1) is 6.42 Å². The van der Waals surface area contributed by atoms with Crippen molar-refractivity contribution in [2.75, 3.05) is 5.32 Å². The summed E-state index contributed by atoms with van der Waals surface area (Å²) in [7, 11) is 0. The van der Waals surface area contributed by atoms with Crippen LogP contribution in [0.1, 0.15) is 10.4 Å². The molecular weight excluding hydrogens is 220 g/mol. The first-order valence-corrected chi connectivity index (χ1v) is 3.95. The molecule has 0 unspecified atom stereocenters. The van der Waals surface area contributed by atoms with Gasteiger partial charge in [-0.2, -0.15) is 0 Å². The second-order valence-electron chi connectivity index (χ2n) is 2.72. The fourth-order valence-corrected chi connectivity index (χ4v) is 0.967. The van der Waals surface area contributed by atoms with E-state index in [4.69, 9.17) is 11.5 Å². The van der Waals surface area contributed by atoms with Gasteiger partial charge < -0.3 is 10.4 Å². The van der Waals surface area contributed by atoms with Crippen molar-refractivity contribution in [1.82, 2.24) is 0 Å². The lowest BCUT2D eigenvalue weighted by molar-refractivity contribution is -0.111. The van der Waals surface area contributed by atoms with Crippen molar-refractivity contribution in [1.29, 1.82) is 0 Å². The quantitative estimate of drug-likeness (QED) is 0.744. The van der Waals surface area contributed by atoms with Crippen LogP contribution in [0, 0.1) is 24.0 Å². The molecule has 0 aliphatic heterocycles. The molecule has 16 heavy (non-hydrogen) atoms. The fourth-order valence-electron chi connectivity index (χ4n) is 0.967. The van der Waals surface area contributed by atoms with Crippen molar-refractivity contribution >= 4 is 17.6 Å². The molecule has 1 aromatic carbocycles. The van der Waals surface area contributed by atoms with Crippen molar-refractivity contribution in [3.05, 3.63) is 29.3 Å². The Morgan fingerprint density at radius 2 is 1.94 bits per heavy atom. The van der Waals surface area contributed by atoms with E-state index in [0.29, 0.717) is 12.1 Å². The highest BCUT2D eigenvalue weighted by Crippen LogP contribution is 2.19. The minimum atomic E-state index is -1.58. The lowest BCUT2D eigenvalue weighted by atomic mass is 10.2. The minimum Gasteiger partial charge on any atom is -0.478 e. The number of aromatic carboxylic acids is 1. The van der Waals surface area contributed by atoms with E-state index in [9.17, 15) is 18.4 Å². The lowest BCUT2D eigenvalue weighted by Crippen LogP contribution is -2.11. The third-order valence-corrected chi connectivity index (χ3v) is 1.67. The highest BCUT2D eigenvalue weighted by molar-refractivity contribution is 6.04. The Morgan fingerprint density at radius 1 is 1.31 bits per heavy atom. The van der Waals surface area contributed by atoms with Gasteiger partial charge >= 0.3 is 5.97 Å². The fraction of sp³-hybridized carbons (Fsp3) is 0. The molecule has 1 rings (SSSR count). The highest BCUT2D eigenvalue weighted by atomic mass is 19.1. The molecule has 1 amide bonds. The number of benzene rings is 1. The summed E-state index contributed by atoms with van der Waals surface area (Å²) < 4.78 is 26.0. The van der Waals surface area contributed by atoms with E-state index < -0.39 is 34.8 Å². The van der Waals surface area contributed by atoms with Crippen molar-refractivity contribution in [3.8, 4) is 12.3 Å². The molecule has 0 atom stereocenters. The Morgan fingerprint density at radius 3 is 2.44 bits per heavy atom. The van der Waals surface area contributed by atoms with Crippen LogP contribution in [0.4, 0.5) is 14.5 Å². The summed E-state index contributed by atoms with van der Waals surface area (Å²) in [5, 5.41) is 10.5. The van der Waals surface area contributed by atoms with Gasteiger partial charge in [0.05, 0.1) is 11.3 Å². The standard InChI is InChI=1S/C10H5F2NO3/c1-2-9(14)13-8-3-5(10(15)16)6(11)4-7(8)12/h1,3-4H,(H,13,14)(H,15,16). The number of rotatable bonds is 2. The summed E-state index contributed by atoms with van der Waals surface area (Å²) in [4.78, 5) is 21.3. The molecular formula is C10H5F2NO3. The molecule has 2 N–H and O–H groups in total. The summed E-state index contributed by atoms with van der Waals surface area (Å²) in [6, 6.07) is 1.01. The molecule has 0 aromatic heterocycles. The van der Waals surface area contributed by atoms with Gasteiger partial charge in [-0.05, 0) is 12.0 Å². The van der Waals surface area contributed by atoms with Crippen LogP contribution in [-0.4, -0.2) is 17.0 Å². The Hall–Kier alpha value is -2.42. The Labute approximate surface area is 88.9 Å². The second kappa shape index (κ2) is 4.40. The predicted molar refractivity (Wildman–Crippen MR) is 50.8 cm³/mol. The van der Waals surface area contributed by atoms with Gasteiger partial charge in [-0.3, -0.25) is 4.79 Å². The first kappa shape index (κ1) is 11.7. The number of terminal acetylenes is 1. The zero-order valence-electron chi connectivity index (χ0n) is 7.75. The molecule has 4 nitrogen and oxygen atoms in total. The van der Waals surface area contributed by atoms with E-state index in [1.165, 1.54) is 0 Å². The van der Waals surface area contributed by atoms with Crippen LogP contribution in [0.5, 0.6) is 0 Å². The number of halogens is 2. The largest absolute Gasteiger partial charge is 0.478 e. The summed E-state index contributed by atoms with van der Waals surface area (Å²) in [5.41, 5.74) is -1.24. The molecule has 82 valence electrons. The number of nitrogens with one attached hydrogen (secondary N) is 1. The summed E-state index contributed by atoms with van der Waals surface area (Å²) >= 11 is 0. The van der Waals surface area contributed by atoms with Crippen molar-refractivity contribution in [3.63, 3.8) is 0 Å². The Balaban J connectivity index is 3.21. The highest BCUT2D eigenvalue weighted by Gasteiger charge is 2.15. The maximum absolute atomic E-state index is 13.1. The molecule has 0 fully saturated rings. The van der Waals surface area contributed by atoms with Crippen LogP contribution < -0.4 is 5.32 Å². The van der Waals surface area contributed by atoms with Gasteiger partial charge in [0.15, 0.2) is 0 Å². The van der Waals surface area contributed by atoms with Gasteiger partial charge in [0.1, 0.15) is 11.6 Å². The van der Waals surface area contributed by atoms with Crippen LogP contribution in [0.2, 0.25) is 0 Å². The molecule has 0 saturated carbocycles. The van der Waals surface area contributed by atoms with Crippen LogP contribution in [0.3, 0.4) is 0 Å². The number of amides is 1. The van der Waals surface area contributed by atoms with Gasteiger partial charge in [0, 0.05) is 6.07 Å². The van der Waals surface area contributed by atoms with Crippen LogP contribution >= 0.6 is 0 Å². The number of carbonyl (C=O) groups is 2. The number of anilines is 1. The zero-order chi connectivity index (χ0) is 12.3. The normalized spacial score (nSPS) is 9.31. The minimum absolute atomic E-state index is 0.357. The third kappa shape index (κ3) is 2.33. The molecule has 0 saturated heterocycles. The molecule has 0 bridgehead atoms. The third-order valence-electron chi connectivity index (χ3n) is 1.67. The summed E-state index contributed by atoms with van der Waals surface area (Å²) in [6.07, 6.45) is 4.72. The lowest BCUT2D eigenvalue weighted by Gasteiger charge is -2.05. The molecule has 0 aliphatic rings. The number of hydrogen-bond acceptors (Lipinski definition) is 2. The van der Waals surface area contributed by atoms with E-state index in [1.807, 2.05) is 5.32 Å². The number of carboxylic acids is 1. The second-order valence-corrected chi connectivity index (χ2v) is 2.72. The smallest absolute Gasteiger partial charge is 0.338 e. The molecule has 0 aliphatic carbocycles. The SMILES string of the molecule is C#CC(=O)Nc1cc(C(=O)O)c(F)cc1F. The maximum Gasteiger partial charge on any atom is 0.338 e. The molecule has 0 spiro atoms. The average Bonchev–Trinajstić information content (AvgIpc) is 2.21. The van der Waals surface area contributed by atoms with Gasteiger partial charge in [-0.25, -0.2) is 13.6 Å². The van der Waals surface area contributed by atoms with Crippen molar-refractivity contribution < 1.29 is 23.5 Å². The van der Waals surface area contributed by atoms with Gasteiger partial charge in [0.25, 0.3) is 5.91 Å². The van der Waals surface area contributed by atoms with Crippen LogP contribution in [0.15, 0.2) is 12.1 Å². The molecule has 1 aromatic rings. The van der Waals surface area contributed by atoms with E-state index in [-0.39, 0.29) is 0 Å². The van der Waals surface area contributed by atoms with E-state index in [1.54, 1.807) is 5.92 Å². The first-order chi connectivity index (χ1) is 7.45. The summed E-state index contributed by atoms with van der Waals surface area (Å²) in [5.74, 6) is -3.22. The van der Waals surface area contributed by atoms with E-state index in [0.717, 1.165) is 0 Å². The van der Waals surface area contributed by atoms with Crippen LogP contribution in [0.25, 0.3) is 0 Å². The van der Waals surface area contributed by atoms with Gasteiger partial charge in [0.2, 0.25) is 0 Å². The first-order valence-electron chi connectivity index (χ1n) is 3.95. The predicted octanol–water partition coefficient (Wildman–Crippen LogP) is 1.23.